The Morgan fingerprint density at radius 3 is 2.85 bits per heavy atom. The Morgan fingerprint density at radius 2 is 2.11 bits per heavy atom. The summed E-state index contributed by atoms with van der Waals surface area (Å²) in [5, 5.41) is 19.2. The van der Waals surface area contributed by atoms with Crippen LogP contribution in [-0.4, -0.2) is 62.6 Å². The van der Waals surface area contributed by atoms with Crippen molar-refractivity contribution in [2.45, 2.75) is 24.5 Å². The zero-order chi connectivity index (χ0) is 18.9. The predicted molar refractivity (Wildman–Crippen MR) is 91.9 cm³/mol. The Morgan fingerprint density at radius 1 is 1.30 bits per heavy atom. The number of carbonyl (C=O) groups is 3. The van der Waals surface area contributed by atoms with E-state index in [9.17, 15) is 24.8 Å². The molecule has 9 heteroatoms. The number of piperazine rings is 1. The van der Waals surface area contributed by atoms with Crippen LogP contribution in [0.5, 0.6) is 0 Å². The van der Waals surface area contributed by atoms with E-state index in [1.807, 2.05) is 0 Å². The van der Waals surface area contributed by atoms with Crippen molar-refractivity contribution in [3.05, 3.63) is 36.0 Å². The van der Waals surface area contributed by atoms with Crippen LogP contribution in [0.25, 0.3) is 10.9 Å². The van der Waals surface area contributed by atoms with Gasteiger partial charge in [0.05, 0.1) is 28.9 Å². The van der Waals surface area contributed by atoms with Crippen LogP contribution in [0.3, 0.4) is 0 Å². The van der Waals surface area contributed by atoms with E-state index in [0.29, 0.717) is 28.6 Å². The molecule has 4 amide bonds. The first-order valence-corrected chi connectivity index (χ1v) is 8.46. The van der Waals surface area contributed by atoms with Gasteiger partial charge in [-0.1, -0.05) is 0 Å². The molecule has 1 aromatic heterocycles. The van der Waals surface area contributed by atoms with Gasteiger partial charge in [0.15, 0.2) is 0 Å². The molecule has 3 atom stereocenters. The number of fused-ring (bicyclic) bond motifs is 6. The maximum atomic E-state index is 13.1. The summed E-state index contributed by atoms with van der Waals surface area (Å²) in [6, 6.07) is 6.49. The van der Waals surface area contributed by atoms with Crippen molar-refractivity contribution in [1.29, 1.82) is 5.26 Å². The lowest BCUT2D eigenvalue weighted by Gasteiger charge is -2.32. The maximum Gasteiger partial charge on any atom is 0.407 e. The normalized spacial score (nSPS) is 26.0. The van der Waals surface area contributed by atoms with E-state index in [2.05, 4.69) is 11.1 Å². The second-order valence-electron chi connectivity index (χ2n) is 6.84. The van der Waals surface area contributed by atoms with Crippen LogP contribution >= 0.6 is 0 Å². The molecule has 5 rings (SSSR count). The second-order valence-corrected chi connectivity index (χ2v) is 6.84. The van der Waals surface area contributed by atoms with Crippen LogP contribution in [0.15, 0.2) is 30.5 Å². The number of aromatic nitrogens is 1. The van der Waals surface area contributed by atoms with Gasteiger partial charge in [-0.05, 0) is 30.7 Å². The Balaban J connectivity index is 1.62. The van der Waals surface area contributed by atoms with Crippen LogP contribution in [0.4, 0.5) is 15.3 Å². The fourth-order valence-corrected chi connectivity index (χ4v) is 4.54. The average molecular weight is 363 g/mol. The SMILES string of the molecule is N#Cc1ccc(N2C(=O)C3C4CC(CN4C(=O)O)N3C2=O)c2cccnc12. The number of pyridine rings is 1. The van der Waals surface area contributed by atoms with E-state index in [1.165, 1.54) is 15.9 Å². The van der Waals surface area contributed by atoms with Gasteiger partial charge in [-0.2, -0.15) is 5.26 Å². The monoisotopic (exact) mass is 363 g/mol. The summed E-state index contributed by atoms with van der Waals surface area (Å²) >= 11 is 0. The molecule has 1 aromatic carbocycles. The average Bonchev–Trinajstić information content (AvgIpc) is 3.33. The molecule has 3 unspecified atom stereocenters. The van der Waals surface area contributed by atoms with E-state index >= 15 is 0 Å². The molecular formula is C18H13N5O4. The van der Waals surface area contributed by atoms with E-state index in [1.54, 1.807) is 24.4 Å². The van der Waals surface area contributed by atoms with Crippen molar-refractivity contribution < 1.29 is 19.5 Å². The van der Waals surface area contributed by atoms with E-state index < -0.39 is 30.1 Å². The number of nitriles is 1. The van der Waals surface area contributed by atoms with Gasteiger partial charge in [-0.25, -0.2) is 14.5 Å². The molecule has 3 aliphatic rings. The molecule has 2 bridgehead atoms. The topological polar surface area (TPSA) is 118 Å². The van der Waals surface area contributed by atoms with Crippen LogP contribution in [-0.2, 0) is 4.79 Å². The lowest BCUT2D eigenvalue weighted by atomic mass is 10.1. The summed E-state index contributed by atoms with van der Waals surface area (Å²) in [5.74, 6) is -0.437. The van der Waals surface area contributed by atoms with Crippen molar-refractivity contribution in [3.8, 4) is 6.07 Å². The van der Waals surface area contributed by atoms with Crippen molar-refractivity contribution in [1.82, 2.24) is 14.8 Å². The molecule has 0 spiro atoms. The first kappa shape index (κ1) is 15.6. The molecule has 9 nitrogen and oxygen atoms in total. The first-order chi connectivity index (χ1) is 13.0. The highest BCUT2D eigenvalue weighted by Crippen LogP contribution is 2.43. The number of rotatable bonds is 1. The summed E-state index contributed by atoms with van der Waals surface area (Å²) in [4.78, 5) is 45.6. The molecule has 0 aliphatic carbocycles. The highest BCUT2D eigenvalue weighted by Gasteiger charge is 2.63. The lowest BCUT2D eigenvalue weighted by molar-refractivity contribution is -0.121. The molecule has 3 aliphatic heterocycles. The third kappa shape index (κ3) is 1.87. The van der Waals surface area contributed by atoms with Gasteiger partial charge in [0.1, 0.15) is 12.1 Å². The van der Waals surface area contributed by atoms with Gasteiger partial charge in [0.2, 0.25) is 0 Å². The molecule has 2 aromatic rings. The predicted octanol–water partition coefficient (Wildman–Crippen LogP) is 1.38. The van der Waals surface area contributed by atoms with Gasteiger partial charge in [-0.15, -0.1) is 0 Å². The molecule has 3 fully saturated rings. The van der Waals surface area contributed by atoms with E-state index in [4.69, 9.17) is 0 Å². The molecule has 134 valence electrons. The Bertz CT molecular complexity index is 1080. The smallest absolute Gasteiger partial charge is 0.407 e. The minimum Gasteiger partial charge on any atom is -0.465 e. The number of carbonyl (C=O) groups excluding carboxylic acids is 2. The number of hydrogen-bond acceptors (Lipinski definition) is 5. The van der Waals surface area contributed by atoms with Crippen molar-refractivity contribution in [3.63, 3.8) is 0 Å². The van der Waals surface area contributed by atoms with Crippen molar-refractivity contribution >= 4 is 34.6 Å². The number of imide groups is 1. The highest BCUT2D eigenvalue weighted by molar-refractivity contribution is 6.25. The highest BCUT2D eigenvalue weighted by atomic mass is 16.4. The third-order valence-corrected chi connectivity index (χ3v) is 5.62. The van der Waals surface area contributed by atoms with Crippen LogP contribution in [0.1, 0.15) is 12.0 Å². The zero-order valence-corrected chi connectivity index (χ0v) is 13.9. The molecule has 27 heavy (non-hydrogen) atoms. The van der Waals surface area contributed by atoms with E-state index in [-0.39, 0.29) is 12.6 Å². The van der Waals surface area contributed by atoms with Gasteiger partial charge in [-0.3, -0.25) is 9.78 Å². The minimum absolute atomic E-state index is 0.221. The lowest BCUT2D eigenvalue weighted by Crippen LogP contribution is -2.54. The molecular weight excluding hydrogens is 350 g/mol. The zero-order valence-electron chi connectivity index (χ0n) is 13.9. The Kier molecular flexibility index (Phi) is 2.98. The second kappa shape index (κ2) is 5.17. The number of urea groups is 1. The first-order valence-electron chi connectivity index (χ1n) is 8.46. The van der Waals surface area contributed by atoms with Crippen LogP contribution in [0.2, 0.25) is 0 Å². The fourth-order valence-electron chi connectivity index (χ4n) is 4.54. The summed E-state index contributed by atoms with van der Waals surface area (Å²) < 4.78 is 0. The number of amides is 4. The van der Waals surface area contributed by atoms with Gasteiger partial charge >= 0.3 is 12.1 Å². The number of nitrogens with zero attached hydrogens (tertiary/aromatic N) is 5. The summed E-state index contributed by atoms with van der Waals surface area (Å²) in [7, 11) is 0. The number of hydrogen-bond donors (Lipinski definition) is 1. The van der Waals surface area contributed by atoms with Gasteiger partial charge in [0.25, 0.3) is 5.91 Å². The Hall–Kier alpha value is -3.67. The summed E-state index contributed by atoms with van der Waals surface area (Å²) in [5.41, 5.74) is 1.13. The van der Waals surface area contributed by atoms with Crippen molar-refractivity contribution in [2.24, 2.45) is 0 Å². The molecule has 0 radical (unpaired) electrons. The summed E-state index contributed by atoms with van der Waals surface area (Å²) in [6.45, 7) is 0.221. The number of likely N-dealkylation sites (tertiary alicyclic amines) is 1. The largest absolute Gasteiger partial charge is 0.465 e. The van der Waals surface area contributed by atoms with E-state index in [0.717, 1.165) is 4.90 Å². The van der Waals surface area contributed by atoms with Gasteiger partial charge < -0.3 is 14.9 Å². The number of benzene rings is 1. The minimum atomic E-state index is -1.08. The fraction of sp³-hybridized carbons (Fsp3) is 0.278. The molecule has 3 saturated heterocycles. The van der Waals surface area contributed by atoms with Crippen LogP contribution < -0.4 is 4.90 Å². The summed E-state index contributed by atoms with van der Waals surface area (Å²) in [6.07, 6.45) is 0.954. The molecule has 4 heterocycles. The third-order valence-electron chi connectivity index (χ3n) is 5.62. The maximum absolute atomic E-state index is 13.1. The van der Waals surface area contributed by atoms with Crippen molar-refractivity contribution in [2.75, 3.05) is 11.4 Å². The quantitative estimate of drug-likeness (QED) is 0.765. The van der Waals surface area contributed by atoms with Gasteiger partial charge in [0, 0.05) is 18.1 Å². The Labute approximate surface area is 153 Å². The standard InChI is InChI=1S/C18H13N5O4/c19-7-9-3-4-12(11-2-1-5-20-14(9)11)23-16(24)15-13-6-10(22(15)17(23)25)8-21(13)18(26)27/h1-5,10,13,15H,6,8H2,(H,26,27). The van der Waals surface area contributed by atoms with Crippen LogP contribution in [0, 0.1) is 11.3 Å². The molecule has 0 saturated carbocycles. The molecule has 1 N–H and O–H groups in total. The number of anilines is 1. The number of carboxylic acid groups (broad SMARTS) is 1.